The van der Waals surface area contributed by atoms with Crippen LogP contribution in [0.2, 0.25) is 0 Å². The van der Waals surface area contributed by atoms with E-state index in [0.717, 1.165) is 10.6 Å². The van der Waals surface area contributed by atoms with Crippen molar-refractivity contribution < 1.29 is 8.81 Å². The topological polar surface area (TPSA) is 64.9 Å². The molecule has 0 aliphatic carbocycles. The van der Waals surface area contributed by atoms with Crippen LogP contribution in [0, 0.1) is 12.7 Å². The molecule has 2 N–H and O–H groups in total. The Balaban J connectivity index is 2.07. The van der Waals surface area contributed by atoms with E-state index in [-0.39, 0.29) is 5.82 Å². The maximum Gasteiger partial charge on any atom is 0.134 e. The molecule has 0 fully saturated rings. The summed E-state index contributed by atoms with van der Waals surface area (Å²) < 4.78 is 22.6. The van der Waals surface area contributed by atoms with E-state index in [1.54, 1.807) is 12.1 Å². The fourth-order valence-electron chi connectivity index (χ4n) is 1.84. The third-order valence-corrected chi connectivity index (χ3v) is 3.68. The molecule has 92 valence electrons. The van der Waals surface area contributed by atoms with Gasteiger partial charge in [0, 0.05) is 5.39 Å². The monoisotopic (exact) mass is 263 g/mol. The first kappa shape index (κ1) is 11.3. The van der Waals surface area contributed by atoms with Crippen LogP contribution < -0.4 is 5.73 Å². The van der Waals surface area contributed by atoms with Crippen LogP contribution in [-0.2, 0) is 0 Å². The number of aryl methyl sites for hydroxylation is 1. The Kier molecular flexibility index (Phi) is 2.61. The number of hydrogen-bond donors (Lipinski definition) is 1. The van der Waals surface area contributed by atoms with Gasteiger partial charge in [0.05, 0.1) is 10.6 Å². The summed E-state index contributed by atoms with van der Waals surface area (Å²) in [5, 5.41) is 4.62. The minimum Gasteiger partial charge on any atom is -0.459 e. The molecule has 0 aliphatic rings. The maximum atomic E-state index is 13.1. The summed E-state index contributed by atoms with van der Waals surface area (Å²) in [5.41, 5.74) is 7.52. The van der Waals surface area contributed by atoms with Gasteiger partial charge in [0.1, 0.15) is 23.2 Å². The standard InChI is InChI=1S/C12H10FN3OS/c1-6-12(18-16-15-6)11(14)10-5-7-4-8(13)2-3-9(7)17-10/h2-5,11H,14H2,1H3. The molecule has 6 heteroatoms. The molecule has 18 heavy (non-hydrogen) atoms. The van der Waals surface area contributed by atoms with Crippen molar-refractivity contribution in [3.8, 4) is 0 Å². The van der Waals surface area contributed by atoms with Gasteiger partial charge in [0.15, 0.2) is 0 Å². The molecular weight excluding hydrogens is 253 g/mol. The summed E-state index contributed by atoms with van der Waals surface area (Å²) >= 11 is 1.25. The van der Waals surface area contributed by atoms with Gasteiger partial charge in [-0.2, -0.15) is 0 Å². The zero-order valence-corrected chi connectivity index (χ0v) is 10.4. The highest BCUT2D eigenvalue weighted by molar-refractivity contribution is 7.05. The molecule has 2 heterocycles. The van der Waals surface area contributed by atoms with Gasteiger partial charge in [-0.05, 0) is 42.7 Å². The van der Waals surface area contributed by atoms with E-state index >= 15 is 0 Å². The molecule has 4 nitrogen and oxygen atoms in total. The Morgan fingerprint density at radius 1 is 1.39 bits per heavy atom. The lowest BCUT2D eigenvalue weighted by Crippen LogP contribution is -2.10. The molecule has 1 unspecified atom stereocenters. The molecule has 0 bridgehead atoms. The third kappa shape index (κ3) is 1.79. The van der Waals surface area contributed by atoms with Gasteiger partial charge in [-0.25, -0.2) is 4.39 Å². The van der Waals surface area contributed by atoms with Gasteiger partial charge < -0.3 is 10.2 Å². The van der Waals surface area contributed by atoms with Gasteiger partial charge in [-0.3, -0.25) is 0 Å². The molecule has 0 saturated heterocycles. The highest BCUT2D eigenvalue weighted by atomic mass is 32.1. The fraction of sp³-hybridized carbons (Fsp3) is 0.167. The zero-order chi connectivity index (χ0) is 12.7. The SMILES string of the molecule is Cc1nnsc1C(N)c1cc2cc(F)ccc2o1. The molecule has 0 amide bonds. The second-order valence-electron chi connectivity index (χ2n) is 4.03. The Morgan fingerprint density at radius 3 is 2.94 bits per heavy atom. The highest BCUT2D eigenvalue weighted by Gasteiger charge is 2.19. The van der Waals surface area contributed by atoms with Gasteiger partial charge in [-0.1, -0.05) is 4.49 Å². The maximum absolute atomic E-state index is 13.1. The normalized spacial score (nSPS) is 13.1. The first-order valence-corrected chi connectivity index (χ1v) is 6.16. The summed E-state index contributed by atoms with van der Waals surface area (Å²) in [7, 11) is 0. The number of nitrogens with two attached hydrogens (primary N) is 1. The number of furan rings is 1. The van der Waals surface area contributed by atoms with Crippen LogP contribution in [0.15, 0.2) is 28.7 Å². The third-order valence-electron chi connectivity index (χ3n) is 2.77. The fourth-order valence-corrected chi connectivity index (χ4v) is 2.49. The molecule has 0 aliphatic heterocycles. The molecule has 3 aromatic rings. The van der Waals surface area contributed by atoms with Crippen LogP contribution in [0.1, 0.15) is 22.4 Å². The molecule has 0 radical (unpaired) electrons. The summed E-state index contributed by atoms with van der Waals surface area (Å²) in [6.45, 7) is 1.85. The van der Waals surface area contributed by atoms with Crippen molar-refractivity contribution in [3.05, 3.63) is 46.4 Å². The van der Waals surface area contributed by atoms with Crippen LogP contribution in [-0.4, -0.2) is 9.59 Å². The Morgan fingerprint density at radius 2 is 2.22 bits per heavy atom. The van der Waals surface area contributed by atoms with E-state index in [9.17, 15) is 4.39 Å². The lowest BCUT2D eigenvalue weighted by molar-refractivity contribution is 0.526. The van der Waals surface area contributed by atoms with Crippen molar-refractivity contribution >= 4 is 22.5 Å². The lowest BCUT2D eigenvalue weighted by atomic mass is 10.1. The van der Waals surface area contributed by atoms with Crippen LogP contribution in [0.25, 0.3) is 11.0 Å². The molecule has 1 atom stereocenters. The minimum atomic E-state index is -0.416. The van der Waals surface area contributed by atoms with Gasteiger partial charge >= 0.3 is 0 Å². The highest BCUT2D eigenvalue weighted by Crippen LogP contribution is 2.29. The molecule has 2 aromatic heterocycles. The van der Waals surface area contributed by atoms with E-state index in [4.69, 9.17) is 10.2 Å². The van der Waals surface area contributed by atoms with Crippen molar-refractivity contribution in [3.63, 3.8) is 0 Å². The average molecular weight is 263 g/mol. The molecule has 3 rings (SSSR count). The van der Waals surface area contributed by atoms with Crippen molar-refractivity contribution in [2.24, 2.45) is 5.73 Å². The van der Waals surface area contributed by atoms with Crippen molar-refractivity contribution in [1.29, 1.82) is 0 Å². The number of benzene rings is 1. The van der Waals surface area contributed by atoms with E-state index in [0.29, 0.717) is 16.7 Å². The molecule has 0 saturated carbocycles. The van der Waals surface area contributed by atoms with E-state index in [1.807, 2.05) is 6.92 Å². The quantitative estimate of drug-likeness (QED) is 0.772. The van der Waals surface area contributed by atoms with E-state index in [1.165, 1.54) is 23.7 Å². The van der Waals surface area contributed by atoms with Gasteiger partial charge in [-0.15, -0.1) is 5.10 Å². The number of hydrogen-bond acceptors (Lipinski definition) is 5. The Labute approximate surface area is 106 Å². The summed E-state index contributed by atoms with van der Waals surface area (Å²) in [6, 6.07) is 5.72. The Bertz CT molecular complexity index is 706. The van der Waals surface area contributed by atoms with Crippen LogP contribution in [0.4, 0.5) is 4.39 Å². The number of nitrogens with zero attached hydrogens (tertiary/aromatic N) is 2. The smallest absolute Gasteiger partial charge is 0.134 e. The number of rotatable bonds is 2. The predicted octanol–water partition coefficient (Wildman–Crippen LogP) is 2.78. The van der Waals surface area contributed by atoms with Crippen molar-refractivity contribution in [1.82, 2.24) is 9.59 Å². The minimum absolute atomic E-state index is 0.293. The van der Waals surface area contributed by atoms with Crippen LogP contribution in [0.3, 0.4) is 0 Å². The first-order valence-electron chi connectivity index (χ1n) is 5.38. The second kappa shape index (κ2) is 4.15. The molecule has 1 aromatic carbocycles. The molecular formula is C12H10FN3OS. The van der Waals surface area contributed by atoms with Gasteiger partial charge in [0.25, 0.3) is 0 Å². The second-order valence-corrected chi connectivity index (χ2v) is 4.82. The van der Waals surface area contributed by atoms with Crippen LogP contribution >= 0.6 is 11.5 Å². The number of aromatic nitrogens is 2. The largest absolute Gasteiger partial charge is 0.459 e. The number of fused-ring (bicyclic) bond motifs is 1. The number of halogens is 1. The van der Waals surface area contributed by atoms with Crippen molar-refractivity contribution in [2.45, 2.75) is 13.0 Å². The van der Waals surface area contributed by atoms with Crippen LogP contribution in [0.5, 0.6) is 0 Å². The summed E-state index contributed by atoms with van der Waals surface area (Å²) in [5.74, 6) is 0.295. The summed E-state index contributed by atoms with van der Waals surface area (Å²) in [6.07, 6.45) is 0. The van der Waals surface area contributed by atoms with E-state index in [2.05, 4.69) is 9.59 Å². The zero-order valence-electron chi connectivity index (χ0n) is 9.55. The lowest BCUT2D eigenvalue weighted by Gasteiger charge is -2.04. The van der Waals surface area contributed by atoms with Gasteiger partial charge in [0.2, 0.25) is 0 Å². The summed E-state index contributed by atoms with van der Waals surface area (Å²) in [4.78, 5) is 0.856. The predicted molar refractivity (Wildman–Crippen MR) is 66.8 cm³/mol. The first-order chi connectivity index (χ1) is 8.65. The molecule has 0 spiro atoms. The average Bonchev–Trinajstić information content (AvgIpc) is 2.93. The Hall–Kier alpha value is -1.79. The van der Waals surface area contributed by atoms with Crippen molar-refractivity contribution in [2.75, 3.05) is 0 Å². The van der Waals surface area contributed by atoms with E-state index < -0.39 is 6.04 Å².